The molecule has 0 N–H and O–H groups in total. The molecule has 52 heavy (non-hydrogen) atoms. The van der Waals surface area contributed by atoms with Crippen LogP contribution in [0.4, 0.5) is 32.3 Å². The molecular formula is C35H32F6N5NaO5. The standard InChI is InChI=1S/C35H33F6N5O5.Na/c1-20(2)28-7-8-29(49-3)32(45-28)26-14-27(35(39,40)41)30(50-4)13-23(26)19-46(18-22-10-21(15-42)11-24(12-22)34(36,37)38)33-43-16-25(17-44-33)51-9-5-6-31(47)48;/h7-8,10-14,16-17,20H,5-6,9,18-19H2,1-4H3,(H,47,48);/q;+1/p-1. The number of nitriles is 1. The number of anilines is 1. The van der Waals surface area contributed by atoms with Crippen LogP contribution in [0.3, 0.4) is 0 Å². The molecule has 4 rings (SSSR count). The van der Waals surface area contributed by atoms with Crippen LogP contribution in [-0.2, 0) is 30.2 Å². The zero-order chi connectivity index (χ0) is 37.5. The van der Waals surface area contributed by atoms with Crippen LogP contribution in [-0.4, -0.2) is 41.7 Å². The number of carbonyl (C=O) groups is 1. The first-order chi connectivity index (χ1) is 24.0. The van der Waals surface area contributed by atoms with Gasteiger partial charge in [0.15, 0.2) is 5.75 Å². The Hall–Kier alpha value is -4.59. The number of pyridine rings is 1. The van der Waals surface area contributed by atoms with E-state index in [2.05, 4.69) is 15.0 Å². The van der Waals surface area contributed by atoms with Gasteiger partial charge in [0, 0.05) is 30.3 Å². The zero-order valence-corrected chi connectivity index (χ0v) is 30.9. The fourth-order valence-corrected chi connectivity index (χ4v) is 5.09. The van der Waals surface area contributed by atoms with Crippen molar-refractivity contribution in [2.45, 2.75) is 58.0 Å². The van der Waals surface area contributed by atoms with E-state index in [1.807, 2.05) is 13.8 Å². The fraction of sp³-hybridized carbons (Fsp3) is 0.343. The molecule has 0 atom stereocenters. The van der Waals surface area contributed by atoms with Gasteiger partial charge in [-0.1, -0.05) is 13.8 Å². The van der Waals surface area contributed by atoms with Crippen LogP contribution in [0.1, 0.15) is 66.1 Å². The molecule has 0 saturated carbocycles. The number of carboxylic acids is 1. The van der Waals surface area contributed by atoms with E-state index in [1.165, 1.54) is 30.5 Å². The summed E-state index contributed by atoms with van der Waals surface area (Å²) in [6.45, 7) is 3.10. The molecule has 0 saturated heterocycles. The van der Waals surface area contributed by atoms with Gasteiger partial charge in [-0.2, -0.15) is 31.6 Å². The van der Waals surface area contributed by atoms with Crippen molar-refractivity contribution in [2.24, 2.45) is 0 Å². The number of aromatic nitrogens is 3. The first kappa shape index (κ1) is 41.8. The Morgan fingerprint density at radius 1 is 0.942 bits per heavy atom. The summed E-state index contributed by atoms with van der Waals surface area (Å²) in [6.07, 6.45) is -7.21. The quantitative estimate of drug-likeness (QED) is 0.107. The maximum absolute atomic E-state index is 14.3. The number of carbonyl (C=O) groups excluding carboxylic acids is 1. The molecule has 4 aromatic rings. The fourth-order valence-electron chi connectivity index (χ4n) is 5.09. The van der Waals surface area contributed by atoms with Crippen molar-refractivity contribution in [3.8, 4) is 34.6 Å². The minimum Gasteiger partial charge on any atom is -0.550 e. The van der Waals surface area contributed by atoms with Gasteiger partial charge in [-0.25, -0.2) is 15.0 Å². The average molecular weight is 740 g/mol. The summed E-state index contributed by atoms with van der Waals surface area (Å²) < 4.78 is 101. The summed E-state index contributed by atoms with van der Waals surface area (Å²) in [6, 6.07) is 9.84. The molecule has 10 nitrogen and oxygen atoms in total. The number of aliphatic carboxylic acids is 1. The minimum absolute atomic E-state index is 0. The molecule has 0 radical (unpaired) electrons. The van der Waals surface area contributed by atoms with Crippen molar-refractivity contribution < 1.29 is 80.0 Å². The molecule has 0 fully saturated rings. The Labute approximate surface area is 317 Å². The molecule has 0 amide bonds. The van der Waals surface area contributed by atoms with Crippen molar-refractivity contribution in [1.82, 2.24) is 15.0 Å². The number of hydrogen-bond donors (Lipinski definition) is 0. The van der Waals surface area contributed by atoms with Crippen molar-refractivity contribution >= 4 is 11.9 Å². The molecule has 2 aromatic carbocycles. The second-order valence-electron chi connectivity index (χ2n) is 11.6. The SMILES string of the molecule is COc1cc(CN(Cc2cc(C#N)cc(C(F)(F)F)c2)c2ncc(OCCCC(=O)[O-])cn2)c(-c2nc(C(C)C)ccc2OC)cc1C(F)(F)F.[Na+]. The van der Waals surface area contributed by atoms with Crippen LogP contribution in [0, 0.1) is 11.3 Å². The number of rotatable bonds is 14. The molecule has 2 aromatic heterocycles. The average Bonchev–Trinajstić information content (AvgIpc) is 3.08. The second-order valence-corrected chi connectivity index (χ2v) is 11.6. The Morgan fingerprint density at radius 2 is 1.62 bits per heavy atom. The summed E-state index contributed by atoms with van der Waals surface area (Å²) in [4.78, 5) is 25.3. The number of nitrogens with zero attached hydrogens (tertiary/aromatic N) is 5. The number of methoxy groups -OCH3 is 2. The van der Waals surface area contributed by atoms with Gasteiger partial charge in [-0.3, -0.25) is 0 Å². The predicted octanol–water partition coefficient (Wildman–Crippen LogP) is 3.71. The van der Waals surface area contributed by atoms with Gasteiger partial charge < -0.3 is 29.0 Å². The van der Waals surface area contributed by atoms with Crippen molar-refractivity contribution in [3.63, 3.8) is 0 Å². The van der Waals surface area contributed by atoms with Gasteiger partial charge in [-0.05, 0) is 72.4 Å². The summed E-state index contributed by atoms with van der Waals surface area (Å²) in [7, 11) is 2.41. The molecule has 0 spiro atoms. The van der Waals surface area contributed by atoms with Crippen LogP contribution < -0.4 is 53.8 Å². The number of halogens is 6. The maximum Gasteiger partial charge on any atom is 1.00 e. The molecular weight excluding hydrogens is 707 g/mol. The van der Waals surface area contributed by atoms with Crippen LogP contribution in [0.5, 0.6) is 17.2 Å². The Morgan fingerprint density at radius 3 is 2.17 bits per heavy atom. The summed E-state index contributed by atoms with van der Waals surface area (Å²) in [5.74, 6) is -1.63. The van der Waals surface area contributed by atoms with E-state index in [-0.39, 0.29) is 113 Å². The van der Waals surface area contributed by atoms with Crippen LogP contribution >= 0.6 is 0 Å². The van der Waals surface area contributed by atoms with Crippen molar-refractivity contribution in [1.29, 1.82) is 5.26 Å². The van der Waals surface area contributed by atoms with Gasteiger partial charge in [0.1, 0.15) is 17.2 Å². The monoisotopic (exact) mass is 739 g/mol. The van der Waals surface area contributed by atoms with Crippen molar-refractivity contribution in [2.75, 3.05) is 25.7 Å². The van der Waals surface area contributed by atoms with Crippen LogP contribution in [0.2, 0.25) is 0 Å². The molecule has 0 aliphatic rings. The Balaban J connectivity index is 0.00000729. The van der Waals surface area contributed by atoms with Gasteiger partial charge in [0.05, 0.1) is 56.0 Å². The van der Waals surface area contributed by atoms with E-state index in [0.717, 1.165) is 25.3 Å². The molecule has 0 aliphatic carbocycles. The largest absolute Gasteiger partial charge is 1.00 e. The summed E-state index contributed by atoms with van der Waals surface area (Å²) >= 11 is 0. The molecule has 17 heteroatoms. The molecule has 0 bridgehead atoms. The number of ether oxygens (including phenoxy) is 3. The third-order valence-electron chi connectivity index (χ3n) is 7.55. The van der Waals surface area contributed by atoms with E-state index in [9.17, 15) is 41.5 Å². The minimum atomic E-state index is -4.84. The summed E-state index contributed by atoms with van der Waals surface area (Å²) in [5.41, 5.74) is -1.56. The normalized spacial score (nSPS) is 11.4. The smallest absolute Gasteiger partial charge is 0.550 e. The maximum atomic E-state index is 14.3. The Bertz CT molecular complexity index is 1900. The Kier molecular flexibility index (Phi) is 14.3. The topological polar surface area (TPSA) is 134 Å². The van der Waals surface area contributed by atoms with E-state index >= 15 is 0 Å². The molecule has 2 heterocycles. The van der Waals surface area contributed by atoms with Crippen LogP contribution in [0.15, 0.2) is 54.9 Å². The first-order valence-corrected chi connectivity index (χ1v) is 15.4. The van der Waals surface area contributed by atoms with Gasteiger partial charge >= 0.3 is 41.9 Å². The van der Waals surface area contributed by atoms with Gasteiger partial charge in [0.2, 0.25) is 5.95 Å². The number of benzene rings is 2. The number of alkyl halides is 6. The predicted molar refractivity (Wildman–Crippen MR) is 170 cm³/mol. The van der Waals surface area contributed by atoms with E-state index in [1.54, 1.807) is 18.2 Å². The van der Waals surface area contributed by atoms with Crippen molar-refractivity contribution in [3.05, 3.63) is 88.4 Å². The van der Waals surface area contributed by atoms with E-state index < -0.39 is 35.2 Å². The number of carboxylic acid groups (broad SMARTS) is 1. The van der Waals surface area contributed by atoms with Gasteiger partial charge in [0.25, 0.3) is 0 Å². The van der Waals surface area contributed by atoms with Crippen LogP contribution in [0.25, 0.3) is 11.3 Å². The molecule has 270 valence electrons. The first-order valence-electron chi connectivity index (χ1n) is 15.4. The third-order valence-corrected chi connectivity index (χ3v) is 7.55. The molecule has 0 unspecified atom stereocenters. The molecule has 0 aliphatic heterocycles. The number of hydrogen-bond acceptors (Lipinski definition) is 10. The van der Waals surface area contributed by atoms with E-state index in [4.69, 9.17) is 14.2 Å². The van der Waals surface area contributed by atoms with Gasteiger partial charge in [-0.15, -0.1) is 0 Å². The summed E-state index contributed by atoms with van der Waals surface area (Å²) in [5, 5.41) is 20.2. The second kappa shape index (κ2) is 17.8. The van der Waals surface area contributed by atoms with E-state index in [0.29, 0.717) is 11.8 Å². The zero-order valence-electron chi connectivity index (χ0n) is 28.9. The third kappa shape index (κ3) is 10.7.